The first-order valence-corrected chi connectivity index (χ1v) is 7.30. The Labute approximate surface area is 121 Å². The number of nitrogens with two attached hydrogens (primary N) is 2. The van der Waals surface area contributed by atoms with Gasteiger partial charge in [0.1, 0.15) is 10.6 Å². The van der Waals surface area contributed by atoms with E-state index in [0.717, 1.165) is 30.9 Å². The van der Waals surface area contributed by atoms with Crippen LogP contribution in [0.25, 0.3) is 0 Å². The minimum Gasteiger partial charge on any atom is -0.382 e. The number of nitrogen functional groups attached to an aromatic ring is 1. The van der Waals surface area contributed by atoms with E-state index in [0.29, 0.717) is 17.9 Å². The van der Waals surface area contributed by atoms with Gasteiger partial charge in [-0.15, -0.1) is 0 Å². The number of amides is 2. The molecule has 1 aliphatic rings. The maximum absolute atomic E-state index is 11.9. The van der Waals surface area contributed by atoms with Crippen LogP contribution in [-0.4, -0.2) is 36.3 Å². The Morgan fingerprint density at radius 2 is 2.10 bits per heavy atom. The lowest BCUT2D eigenvalue weighted by Crippen LogP contribution is -2.36. The minimum absolute atomic E-state index is 0.217. The smallest absolute Gasteiger partial charge is 0.257 e. The van der Waals surface area contributed by atoms with Crippen LogP contribution in [0.5, 0.6) is 0 Å². The summed E-state index contributed by atoms with van der Waals surface area (Å²) in [7, 11) is 1.57. The lowest BCUT2D eigenvalue weighted by molar-refractivity contribution is -0.119. The van der Waals surface area contributed by atoms with E-state index in [1.807, 2.05) is 0 Å². The van der Waals surface area contributed by atoms with E-state index in [1.165, 1.54) is 11.5 Å². The molecule has 2 heterocycles. The lowest BCUT2D eigenvalue weighted by Gasteiger charge is -2.32. The number of nitrogens with zero attached hydrogens (tertiary/aromatic N) is 2. The van der Waals surface area contributed by atoms with Crippen molar-refractivity contribution < 1.29 is 9.59 Å². The Morgan fingerprint density at radius 3 is 2.65 bits per heavy atom. The standard InChI is InChI=1S/C12H19N5O2S/c1-15-11(19)9-10(14)16-20-12(9)17-4-2-7(3-5-17)6-8(13)18/h7H,2-6H2,1H3,(H2,13,18)(H2,14,16)(H,15,19). The number of piperidine rings is 1. The molecule has 1 fully saturated rings. The number of rotatable bonds is 4. The molecule has 5 N–H and O–H groups in total. The van der Waals surface area contributed by atoms with Gasteiger partial charge in [0.2, 0.25) is 5.91 Å². The molecular formula is C12H19N5O2S. The summed E-state index contributed by atoms with van der Waals surface area (Å²) < 4.78 is 4.07. The van der Waals surface area contributed by atoms with Crippen LogP contribution in [0.2, 0.25) is 0 Å². The number of carbonyl (C=O) groups is 2. The second-order valence-corrected chi connectivity index (χ2v) is 5.68. The van der Waals surface area contributed by atoms with Crippen LogP contribution in [0.1, 0.15) is 29.6 Å². The van der Waals surface area contributed by atoms with E-state index in [1.54, 1.807) is 7.05 Å². The molecule has 1 aromatic rings. The van der Waals surface area contributed by atoms with Crippen molar-refractivity contribution in [2.45, 2.75) is 19.3 Å². The molecule has 0 radical (unpaired) electrons. The molecule has 8 heteroatoms. The summed E-state index contributed by atoms with van der Waals surface area (Å²) >= 11 is 1.24. The molecule has 0 atom stereocenters. The molecule has 2 amide bonds. The average Bonchev–Trinajstić information content (AvgIpc) is 2.80. The van der Waals surface area contributed by atoms with Gasteiger partial charge in [-0.1, -0.05) is 0 Å². The van der Waals surface area contributed by atoms with Crippen LogP contribution in [0.4, 0.5) is 10.8 Å². The molecule has 1 saturated heterocycles. The second-order valence-electron chi connectivity index (χ2n) is 4.93. The van der Waals surface area contributed by atoms with Crippen molar-refractivity contribution >= 4 is 34.2 Å². The predicted octanol–water partition coefficient (Wildman–Crippen LogP) is 0.177. The molecule has 0 saturated carbocycles. The van der Waals surface area contributed by atoms with Crippen molar-refractivity contribution in [1.82, 2.24) is 9.69 Å². The summed E-state index contributed by atoms with van der Waals surface area (Å²) in [6.45, 7) is 1.56. The van der Waals surface area contributed by atoms with Crippen LogP contribution in [0, 0.1) is 5.92 Å². The highest BCUT2D eigenvalue weighted by molar-refractivity contribution is 7.11. The molecule has 20 heavy (non-hydrogen) atoms. The number of hydrogen-bond acceptors (Lipinski definition) is 6. The highest BCUT2D eigenvalue weighted by atomic mass is 32.1. The van der Waals surface area contributed by atoms with E-state index < -0.39 is 0 Å². The Balaban J connectivity index is 2.07. The molecule has 110 valence electrons. The van der Waals surface area contributed by atoms with Gasteiger partial charge in [0.05, 0.1) is 0 Å². The van der Waals surface area contributed by atoms with Crippen LogP contribution < -0.4 is 21.7 Å². The van der Waals surface area contributed by atoms with Gasteiger partial charge in [0, 0.05) is 26.6 Å². The van der Waals surface area contributed by atoms with Crippen LogP contribution in [0.15, 0.2) is 0 Å². The van der Waals surface area contributed by atoms with E-state index in [2.05, 4.69) is 14.6 Å². The van der Waals surface area contributed by atoms with Crippen molar-refractivity contribution in [2.24, 2.45) is 11.7 Å². The molecule has 0 aliphatic carbocycles. The van der Waals surface area contributed by atoms with Crippen molar-refractivity contribution in [3.8, 4) is 0 Å². The zero-order valence-electron chi connectivity index (χ0n) is 11.4. The van der Waals surface area contributed by atoms with Crippen molar-refractivity contribution in [2.75, 3.05) is 30.8 Å². The first kappa shape index (κ1) is 14.6. The number of primary amides is 1. The van der Waals surface area contributed by atoms with Gasteiger partial charge in [-0.05, 0) is 30.3 Å². The van der Waals surface area contributed by atoms with Gasteiger partial charge in [-0.3, -0.25) is 9.59 Å². The summed E-state index contributed by atoms with van der Waals surface area (Å²) in [4.78, 5) is 24.9. The highest BCUT2D eigenvalue weighted by Crippen LogP contribution is 2.33. The van der Waals surface area contributed by atoms with Gasteiger partial charge in [-0.25, -0.2) is 0 Å². The molecule has 2 rings (SSSR count). The van der Waals surface area contributed by atoms with Crippen LogP contribution in [-0.2, 0) is 4.79 Å². The number of anilines is 2. The summed E-state index contributed by atoms with van der Waals surface area (Å²) in [5.41, 5.74) is 11.4. The summed E-state index contributed by atoms with van der Waals surface area (Å²) in [6.07, 6.45) is 2.20. The first-order chi connectivity index (χ1) is 9.52. The average molecular weight is 297 g/mol. The van der Waals surface area contributed by atoms with E-state index in [9.17, 15) is 9.59 Å². The molecular weight excluding hydrogens is 278 g/mol. The largest absolute Gasteiger partial charge is 0.382 e. The normalized spacial score (nSPS) is 16.1. The van der Waals surface area contributed by atoms with Crippen molar-refractivity contribution in [3.05, 3.63) is 5.56 Å². The minimum atomic E-state index is -0.253. The van der Waals surface area contributed by atoms with Crippen LogP contribution >= 0.6 is 11.5 Å². The van der Waals surface area contributed by atoms with Gasteiger partial charge < -0.3 is 21.7 Å². The number of aromatic nitrogens is 1. The van der Waals surface area contributed by atoms with E-state index in [4.69, 9.17) is 11.5 Å². The second kappa shape index (κ2) is 6.08. The number of hydrogen-bond donors (Lipinski definition) is 3. The zero-order chi connectivity index (χ0) is 14.7. The molecule has 0 aromatic carbocycles. The highest BCUT2D eigenvalue weighted by Gasteiger charge is 2.27. The Bertz CT molecular complexity index is 508. The Morgan fingerprint density at radius 1 is 1.45 bits per heavy atom. The maximum Gasteiger partial charge on any atom is 0.257 e. The quantitative estimate of drug-likeness (QED) is 0.733. The van der Waals surface area contributed by atoms with Gasteiger partial charge in [-0.2, -0.15) is 4.37 Å². The fourth-order valence-corrected chi connectivity index (χ4v) is 3.33. The first-order valence-electron chi connectivity index (χ1n) is 6.53. The molecule has 0 bridgehead atoms. The van der Waals surface area contributed by atoms with Crippen molar-refractivity contribution in [1.29, 1.82) is 0 Å². The van der Waals surface area contributed by atoms with E-state index >= 15 is 0 Å². The molecule has 1 aliphatic heterocycles. The SMILES string of the molecule is CNC(=O)c1c(N)nsc1N1CCC(CC(N)=O)CC1. The lowest BCUT2D eigenvalue weighted by atomic mass is 9.93. The molecule has 7 nitrogen and oxygen atoms in total. The zero-order valence-corrected chi connectivity index (χ0v) is 12.2. The van der Waals surface area contributed by atoms with Crippen LogP contribution in [0.3, 0.4) is 0 Å². The monoisotopic (exact) mass is 297 g/mol. The van der Waals surface area contributed by atoms with Gasteiger partial charge in [0.15, 0.2) is 5.82 Å². The topological polar surface area (TPSA) is 114 Å². The fourth-order valence-electron chi connectivity index (χ4n) is 2.47. The molecule has 1 aromatic heterocycles. The van der Waals surface area contributed by atoms with Gasteiger partial charge in [0.25, 0.3) is 5.91 Å². The number of nitrogens with one attached hydrogen (secondary N) is 1. The third-order valence-electron chi connectivity index (χ3n) is 3.55. The van der Waals surface area contributed by atoms with E-state index in [-0.39, 0.29) is 17.6 Å². The Kier molecular flexibility index (Phi) is 4.43. The third-order valence-corrected chi connectivity index (χ3v) is 4.47. The third kappa shape index (κ3) is 3.01. The summed E-state index contributed by atoms with van der Waals surface area (Å²) in [5, 5.41) is 3.39. The summed E-state index contributed by atoms with van der Waals surface area (Å²) in [5.74, 6) is 0.128. The summed E-state index contributed by atoms with van der Waals surface area (Å²) in [6, 6.07) is 0. The predicted molar refractivity (Wildman–Crippen MR) is 78.7 cm³/mol. The van der Waals surface area contributed by atoms with Crippen molar-refractivity contribution in [3.63, 3.8) is 0 Å². The number of carbonyl (C=O) groups excluding carboxylic acids is 2. The molecule has 0 spiro atoms. The fraction of sp³-hybridized carbons (Fsp3) is 0.583. The van der Waals surface area contributed by atoms with Gasteiger partial charge >= 0.3 is 0 Å². The Hall–Kier alpha value is -1.83. The molecule has 0 unspecified atom stereocenters. The maximum atomic E-state index is 11.9.